The molecule has 0 spiro atoms. The highest BCUT2D eigenvalue weighted by atomic mass is 32.2. The van der Waals surface area contributed by atoms with Crippen molar-refractivity contribution >= 4 is 23.6 Å². The van der Waals surface area contributed by atoms with Crippen LogP contribution >= 0.6 is 11.8 Å². The van der Waals surface area contributed by atoms with Gasteiger partial charge in [0.25, 0.3) is 0 Å². The second kappa shape index (κ2) is 12.5. The van der Waals surface area contributed by atoms with Crippen molar-refractivity contribution in [1.82, 2.24) is 10.2 Å². The SMILES string of the molecule is O=C(NC1CCCC1)C(Cc1ccccc1)N(Cc1ccccc1F)C(=O)CSc1ccccc1. The topological polar surface area (TPSA) is 49.4 Å². The van der Waals surface area contributed by atoms with Gasteiger partial charge < -0.3 is 10.2 Å². The summed E-state index contributed by atoms with van der Waals surface area (Å²) in [6.45, 7) is 0.0381. The molecule has 182 valence electrons. The summed E-state index contributed by atoms with van der Waals surface area (Å²) in [6.07, 6.45) is 4.47. The highest BCUT2D eigenvalue weighted by Gasteiger charge is 2.32. The quantitative estimate of drug-likeness (QED) is 0.376. The Morgan fingerprint density at radius 1 is 0.914 bits per heavy atom. The summed E-state index contributed by atoms with van der Waals surface area (Å²) < 4.78 is 14.6. The van der Waals surface area contributed by atoms with E-state index in [-0.39, 0.29) is 36.0 Å². The number of hydrogen-bond donors (Lipinski definition) is 1. The normalized spacial score (nSPS) is 14.4. The Morgan fingerprint density at radius 2 is 1.54 bits per heavy atom. The van der Waals surface area contributed by atoms with Crippen molar-refractivity contribution in [1.29, 1.82) is 0 Å². The van der Waals surface area contributed by atoms with Crippen LogP contribution in [0.2, 0.25) is 0 Å². The van der Waals surface area contributed by atoms with Crippen LogP contribution in [-0.4, -0.2) is 34.6 Å². The number of halogens is 1. The van der Waals surface area contributed by atoms with E-state index in [4.69, 9.17) is 0 Å². The molecule has 0 aliphatic heterocycles. The standard InChI is InChI=1S/C29H31FN2O2S/c30-26-18-10-7-13-23(26)20-32(28(33)21-35-25-16-5-2-6-17-25)27(19-22-11-3-1-4-12-22)29(34)31-24-14-8-9-15-24/h1-7,10-13,16-18,24,27H,8-9,14-15,19-21H2,(H,31,34). The van der Waals surface area contributed by atoms with Gasteiger partial charge in [-0.25, -0.2) is 4.39 Å². The van der Waals surface area contributed by atoms with Crippen LogP contribution in [0.1, 0.15) is 36.8 Å². The molecule has 4 rings (SSSR count). The number of amides is 2. The molecule has 3 aromatic rings. The minimum absolute atomic E-state index is 0.0381. The number of nitrogens with zero attached hydrogens (tertiary/aromatic N) is 1. The van der Waals surface area contributed by atoms with E-state index in [0.29, 0.717) is 12.0 Å². The average molecular weight is 491 g/mol. The Balaban J connectivity index is 1.61. The molecule has 1 aliphatic rings. The molecular weight excluding hydrogens is 459 g/mol. The zero-order valence-corrected chi connectivity index (χ0v) is 20.6. The molecule has 0 bridgehead atoms. The minimum atomic E-state index is -0.735. The van der Waals surface area contributed by atoms with E-state index in [1.54, 1.807) is 23.1 Å². The van der Waals surface area contributed by atoms with Crippen molar-refractivity contribution < 1.29 is 14.0 Å². The molecule has 2 amide bonds. The van der Waals surface area contributed by atoms with Crippen LogP contribution in [0.5, 0.6) is 0 Å². The summed E-state index contributed by atoms with van der Waals surface area (Å²) >= 11 is 1.42. The maximum Gasteiger partial charge on any atom is 0.243 e. The third kappa shape index (κ3) is 7.18. The van der Waals surface area contributed by atoms with Crippen LogP contribution in [0.4, 0.5) is 4.39 Å². The maximum absolute atomic E-state index is 14.6. The van der Waals surface area contributed by atoms with E-state index >= 15 is 0 Å². The largest absolute Gasteiger partial charge is 0.352 e. The molecule has 1 atom stereocenters. The maximum atomic E-state index is 14.6. The molecule has 1 unspecified atom stereocenters. The lowest BCUT2D eigenvalue weighted by Crippen LogP contribution is -2.52. The highest BCUT2D eigenvalue weighted by molar-refractivity contribution is 8.00. The molecule has 4 nitrogen and oxygen atoms in total. The predicted molar refractivity (Wildman–Crippen MR) is 138 cm³/mol. The van der Waals surface area contributed by atoms with Crippen LogP contribution in [-0.2, 0) is 22.6 Å². The zero-order chi connectivity index (χ0) is 24.5. The van der Waals surface area contributed by atoms with E-state index in [1.165, 1.54) is 17.8 Å². The molecule has 1 saturated carbocycles. The van der Waals surface area contributed by atoms with Crippen LogP contribution in [0.3, 0.4) is 0 Å². The molecule has 3 aromatic carbocycles. The molecule has 1 aliphatic carbocycles. The monoisotopic (exact) mass is 490 g/mol. The Morgan fingerprint density at radius 3 is 2.23 bits per heavy atom. The van der Waals surface area contributed by atoms with Crippen LogP contribution < -0.4 is 5.32 Å². The van der Waals surface area contributed by atoms with Gasteiger partial charge >= 0.3 is 0 Å². The second-order valence-corrected chi connectivity index (χ2v) is 9.96. The summed E-state index contributed by atoms with van der Waals surface area (Å²) in [6, 6.07) is 25.2. The molecule has 35 heavy (non-hydrogen) atoms. The fraction of sp³-hybridized carbons (Fsp3) is 0.310. The molecule has 0 aromatic heterocycles. The Hall–Kier alpha value is -3.12. The molecule has 0 saturated heterocycles. The van der Waals surface area contributed by atoms with E-state index in [2.05, 4.69) is 5.32 Å². The Kier molecular flexibility index (Phi) is 8.96. The van der Waals surface area contributed by atoms with Crippen molar-refractivity contribution in [2.24, 2.45) is 0 Å². The number of hydrogen-bond acceptors (Lipinski definition) is 3. The average Bonchev–Trinajstić information content (AvgIpc) is 3.40. The summed E-state index contributed by atoms with van der Waals surface area (Å²) in [4.78, 5) is 29.7. The summed E-state index contributed by atoms with van der Waals surface area (Å²) in [5.74, 6) is -0.573. The molecule has 6 heteroatoms. The van der Waals surface area contributed by atoms with Crippen molar-refractivity contribution in [2.75, 3.05) is 5.75 Å². The fourth-order valence-electron chi connectivity index (χ4n) is 4.48. The molecular formula is C29H31FN2O2S. The molecule has 1 fully saturated rings. The minimum Gasteiger partial charge on any atom is -0.352 e. The zero-order valence-electron chi connectivity index (χ0n) is 19.7. The highest BCUT2D eigenvalue weighted by Crippen LogP contribution is 2.23. The van der Waals surface area contributed by atoms with Gasteiger partial charge in [-0.2, -0.15) is 0 Å². The number of benzene rings is 3. The van der Waals surface area contributed by atoms with Crippen LogP contribution in [0.15, 0.2) is 89.8 Å². The second-order valence-electron chi connectivity index (χ2n) is 8.91. The van der Waals surface area contributed by atoms with Gasteiger partial charge in [-0.15, -0.1) is 11.8 Å². The van der Waals surface area contributed by atoms with Crippen LogP contribution in [0, 0.1) is 5.82 Å². The lowest BCUT2D eigenvalue weighted by atomic mass is 10.0. The van der Waals surface area contributed by atoms with Crippen molar-refractivity contribution in [3.05, 3.63) is 102 Å². The number of carbonyl (C=O) groups excluding carboxylic acids is 2. The fourth-order valence-corrected chi connectivity index (χ4v) is 5.28. The van der Waals surface area contributed by atoms with E-state index in [1.807, 2.05) is 60.7 Å². The van der Waals surface area contributed by atoms with Gasteiger partial charge in [0.05, 0.1) is 5.75 Å². The Labute approximate surface area is 210 Å². The van der Waals surface area contributed by atoms with E-state index in [9.17, 15) is 14.0 Å². The van der Waals surface area contributed by atoms with Crippen molar-refractivity contribution in [3.8, 4) is 0 Å². The lowest BCUT2D eigenvalue weighted by Gasteiger charge is -2.32. The molecule has 0 radical (unpaired) electrons. The van der Waals surface area contributed by atoms with Crippen molar-refractivity contribution in [3.63, 3.8) is 0 Å². The van der Waals surface area contributed by atoms with Gasteiger partial charge in [0.15, 0.2) is 0 Å². The number of nitrogens with one attached hydrogen (secondary N) is 1. The van der Waals surface area contributed by atoms with Gasteiger partial charge in [-0.1, -0.05) is 79.6 Å². The first-order valence-corrected chi connectivity index (χ1v) is 13.1. The summed E-state index contributed by atoms with van der Waals surface area (Å²) in [5, 5.41) is 3.18. The molecule has 0 heterocycles. The van der Waals surface area contributed by atoms with Crippen LogP contribution in [0.25, 0.3) is 0 Å². The summed E-state index contributed by atoms with van der Waals surface area (Å²) in [7, 11) is 0. The Bertz CT molecular complexity index is 1100. The van der Waals surface area contributed by atoms with Gasteiger partial charge in [0, 0.05) is 29.5 Å². The first-order valence-electron chi connectivity index (χ1n) is 12.1. The predicted octanol–water partition coefficient (Wildman–Crippen LogP) is 5.62. The van der Waals surface area contributed by atoms with Gasteiger partial charge in [-0.05, 0) is 36.6 Å². The lowest BCUT2D eigenvalue weighted by molar-refractivity contribution is -0.139. The smallest absolute Gasteiger partial charge is 0.243 e. The number of carbonyl (C=O) groups is 2. The number of thioether (sulfide) groups is 1. The third-order valence-electron chi connectivity index (χ3n) is 6.38. The van der Waals surface area contributed by atoms with E-state index < -0.39 is 6.04 Å². The van der Waals surface area contributed by atoms with Gasteiger partial charge in [-0.3, -0.25) is 9.59 Å². The van der Waals surface area contributed by atoms with Gasteiger partial charge in [0.1, 0.15) is 11.9 Å². The van der Waals surface area contributed by atoms with E-state index in [0.717, 1.165) is 36.1 Å². The third-order valence-corrected chi connectivity index (χ3v) is 7.37. The first kappa shape index (κ1) is 25.0. The molecule has 1 N–H and O–H groups in total. The summed E-state index contributed by atoms with van der Waals surface area (Å²) in [5.41, 5.74) is 1.36. The van der Waals surface area contributed by atoms with Gasteiger partial charge in [0.2, 0.25) is 11.8 Å². The first-order chi connectivity index (χ1) is 17.1. The number of rotatable bonds is 10. The van der Waals surface area contributed by atoms with Crippen molar-refractivity contribution in [2.45, 2.75) is 55.6 Å².